The number of imidazole rings is 1. The van der Waals surface area contributed by atoms with Gasteiger partial charge in [0.25, 0.3) is 0 Å². The second-order valence-electron chi connectivity index (χ2n) is 2.38. The van der Waals surface area contributed by atoms with Crippen LogP contribution >= 0.6 is 31.9 Å². The zero-order valence-corrected chi connectivity index (χ0v) is 9.52. The lowest BCUT2D eigenvalue weighted by atomic mass is 10.5. The van der Waals surface area contributed by atoms with Gasteiger partial charge in [-0.2, -0.15) is 0 Å². The van der Waals surface area contributed by atoms with E-state index in [2.05, 4.69) is 36.8 Å². The monoisotopic (exact) mass is 298 g/mol. The van der Waals surface area contributed by atoms with E-state index in [1.54, 1.807) is 6.92 Å². The average Bonchev–Trinajstić information content (AvgIpc) is 2.16. The summed E-state index contributed by atoms with van der Waals surface area (Å²) in [5.41, 5.74) is 0.189. The molecule has 0 fully saturated rings. The van der Waals surface area contributed by atoms with E-state index >= 15 is 0 Å². The minimum absolute atomic E-state index is 0.0103. The minimum atomic E-state index is -0.297. The topological polar surface area (TPSA) is 58.0 Å². The van der Waals surface area contributed by atoms with E-state index in [1.165, 1.54) is 4.57 Å². The maximum Gasteiger partial charge on any atom is 0.328 e. The molecule has 1 aromatic heterocycles. The molecule has 0 aliphatic rings. The molecule has 0 aromatic carbocycles. The number of aromatic nitrogens is 2. The summed E-state index contributed by atoms with van der Waals surface area (Å²) < 4.78 is 1.23. The number of hydrogen-bond acceptors (Lipinski definition) is 2. The van der Waals surface area contributed by atoms with Crippen LogP contribution in [-0.4, -0.2) is 18.4 Å². The molecule has 1 heterocycles. The third-order valence-corrected chi connectivity index (χ3v) is 2.03. The van der Waals surface area contributed by atoms with Crippen molar-refractivity contribution in [2.75, 3.05) is 0 Å². The molecule has 0 bridgehead atoms. The van der Waals surface area contributed by atoms with E-state index in [1.807, 2.05) is 0 Å². The van der Waals surface area contributed by atoms with Gasteiger partial charge in [0.1, 0.15) is 0 Å². The summed E-state index contributed by atoms with van der Waals surface area (Å²) in [6.45, 7) is 2.03. The lowest BCUT2D eigenvalue weighted by molar-refractivity contribution is 0.415. The maximum atomic E-state index is 11.1. The van der Waals surface area contributed by atoms with Gasteiger partial charge < -0.3 is 10.1 Å². The fourth-order valence-corrected chi connectivity index (χ4v) is 1.47. The molecule has 4 nitrogen and oxygen atoms in total. The lowest BCUT2D eigenvalue weighted by Crippen LogP contribution is -2.19. The Morgan fingerprint density at radius 3 is 2.58 bits per heavy atom. The molecule has 0 spiro atoms. The molecule has 1 aromatic rings. The molecule has 0 unspecified atom stereocenters. The van der Waals surface area contributed by atoms with Crippen LogP contribution < -0.4 is 5.69 Å². The van der Waals surface area contributed by atoms with Crippen LogP contribution in [0.15, 0.2) is 4.79 Å². The fourth-order valence-electron chi connectivity index (χ4n) is 0.890. The van der Waals surface area contributed by atoms with Gasteiger partial charge in [-0.05, 0) is 6.92 Å². The zero-order valence-electron chi connectivity index (χ0n) is 6.34. The maximum absolute atomic E-state index is 11.1. The number of hydrogen-bond donors (Lipinski definition) is 2. The summed E-state index contributed by atoms with van der Waals surface area (Å²) in [6.07, 6.45) is 0. The molecule has 12 heavy (non-hydrogen) atoms. The first-order valence-electron chi connectivity index (χ1n) is 3.29. The predicted octanol–water partition coefficient (Wildman–Crippen LogP) is 1.31. The average molecular weight is 300 g/mol. The molecular formula is C6H8Br2N2O2. The molecule has 0 aliphatic carbocycles. The van der Waals surface area contributed by atoms with Crippen LogP contribution in [0.4, 0.5) is 0 Å². The number of aryl methyl sites for hydroxylation is 1. The van der Waals surface area contributed by atoms with Crippen molar-refractivity contribution >= 4 is 31.9 Å². The summed E-state index contributed by atoms with van der Waals surface area (Å²) in [5.74, 6) is -0.0103. The summed E-state index contributed by atoms with van der Waals surface area (Å²) in [5, 5.41) is 9.36. The molecular weight excluding hydrogens is 292 g/mol. The summed E-state index contributed by atoms with van der Waals surface area (Å²) in [7, 11) is 0. The first-order valence-corrected chi connectivity index (χ1v) is 5.12. The van der Waals surface area contributed by atoms with Gasteiger partial charge in [0, 0.05) is 0 Å². The molecule has 68 valence electrons. The minimum Gasteiger partial charge on any atom is -0.493 e. The number of nitrogens with zero attached hydrogens (tertiary/aromatic N) is 1. The van der Waals surface area contributed by atoms with E-state index in [9.17, 15) is 9.90 Å². The van der Waals surface area contributed by atoms with Gasteiger partial charge in [0.2, 0.25) is 5.88 Å². The Kier molecular flexibility index (Phi) is 3.00. The third kappa shape index (κ3) is 1.92. The van der Waals surface area contributed by atoms with Crippen molar-refractivity contribution in [1.82, 2.24) is 9.55 Å². The number of aromatic hydroxyl groups is 1. The van der Waals surface area contributed by atoms with Gasteiger partial charge in [-0.15, -0.1) is 0 Å². The Morgan fingerprint density at radius 1 is 1.67 bits per heavy atom. The SMILES string of the molecule is Cc1[nH]c(=O)n(CC(Br)Br)c1O. The number of aromatic amines is 1. The highest BCUT2D eigenvalue weighted by atomic mass is 79.9. The Morgan fingerprint density at radius 2 is 2.25 bits per heavy atom. The van der Waals surface area contributed by atoms with Crippen molar-refractivity contribution < 1.29 is 5.11 Å². The van der Waals surface area contributed by atoms with Gasteiger partial charge in [-0.25, -0.2) is 4.79 Å². The predicted molar refractivity (Wildman–Crippen MR) is 53.1 cm³/mol. The van der Waals surface area contributed by atoms with E-state index in [-0.39, 0.29) is 15.3 Å². The molecule has 0 amide bonds. The van der Waals surface area contributed by atoms with Crippen LogP contribution in [0, 0.1) is 6.92 Å². The van der Waals surface area contributed by atoms with Crippen molar-refractivity contribution in [1.29, 1.82) is 0 Å². The number of rotatable bonds is 2. The highest BCUT2D eigenvalue weighted by Gasteiger charge is 2.10. The second-order valence-corrected chi connectivity index (χ2v) is 5.82. The quantitative estimate of drug-likeness (QED) is 0.809. The van der Waals surface area contributed by atoms with Gasteiger partial charge in [0.15, 0.2) is 0 Å². The van der Waals surface area contributed by atoms with Crippen LogP contribution in [0.1, 0.15) is 5.69 Å². The number of H-pyrrole nitrogens is 1. The summed E-state index contributed by atoms with van der Waals surface area (Å²) in [4.78, 5) is 13.6. The van der Waals surface area contributed by atoms with Crippen LogP contribution in [-0.2, 0) is 6.54 Å². The Labute approximate surface area is 85.9 Å². The summed E-state index contributed by atoms with van der Waals surface area (Å²) in [6, 6.07) is 0. The van der Waals surface area contributed by atoms with Gasteiger partial charge in [0.05, 0.1) is 16.0 Å². The fraction of sp³-hybridized carbons (Fsp3) is 0.500. The van der Waals surface area contributed by atoms with E-state index in [0.717, 1.165) is 0 Å². The molecule has 1 rings (SSSR count). The van der Waals surface area contributed by atoms with Crippen molar-refractivity contribution in [3.63, 3.8) is 0 Å². The normalized spacial score (nSPS) is 11.0. The van der Waals surface area contributed by atoms with Crippen LogP contribution in [0.5, 0.6) is 5.88 Å². The standard InChI is InChI=1S/C6H8Br2N2O2/c1-3-5(11)10(2-4(7)8)6(12)9-3/h4,11H,2H2,1H3,(H,9,12). The van der Waals surface area contributed by atoms with Gasteiger partial charge in [-0.3, -0.25) is 4.57 Å². The Bertz CT molecular complexity index is 329. The molecule has 0 saturated carbocycles. The van der Waals surface area contributed by atoms with Crippen molar-refractivity contribution in [2.45, 2.75) is 17.2 Å². The molecule has 2 N–H and O–H groups in total. The molecule has 0 radical (unpaired) electrons. The highest BCUT2D eigenvalue weighted by molar-refractivity contribution is 9.24. The molecule has 0 saturated heterocycles. The number of alkyl halides is 2. The van der Waals surface area contributed by atoms with Gasteiger partial charge in [-0.1, -0.05) is 31.9 Å². The highest BCUT2D eigenvalue weighted by Crippen LogP contribution is 2.16. The number of nitrogens with one attached hydrogen (secondary N) is 1. The lowest BCUT2D eigenvalue weighted by Gasteiger charge is -2.02. The molecule has 0 atom stereocenters. The van der Waals surface area contributed by atoms with Crippen molar-refractivity contribution in [2.24, 2.45) is 0 Å². The number of halogens is 2. The van der Waals surface area contributed by atoms with Crippen LogP contribution in [0.2, 0.25) is 0 Å². The third-order valence-electron chi connectivity index (χ3n) is 1.45. The summed E-state index contributed by atoms with van der Waals surface area (Å²) >= 11 is 6.44. The van der Waals surface area contributed by atoms with E-state index < -0.39 is 0 Å². The first-order chi connectivity index (χ1) is 5.52. The van der Waals surface area contributed by atoms with E-state index in [4.69, 9.17) is 0 Å². The second kappa shape index (κ2) is 3.66. The Hall–Kier alpha value is -0.230. The van der Waals surface area contributed by atoms with Crippen LogP contribution in [0.25, 0.3) is 0 Å². The first kappa shape index (κ1) is 9.85. The van der Waals surface area contributed by atoms with Crippen molar-refractivity contribution in [3.8, 4) is 5.88 Å². The van der Waals surface area contributed by atoms with Crippen LogP contribution in [0.3, 0.4) is 0 Å². The Balaban J connectivity index is 3.06. The zero-order chi connectivity index (χ0) is 9.30. The van der Waals surface area contributed by atoms with E-state index in [0.29, 0.717) is 12.2 Å². The largest absolute Gasteiger partial charge is 0.493 e. The van der Waals surface area contributed by atoms with Crippen molar-refractivity contribution in [3.05, 3.63) is 16.2 Å². The van der Waals surface area contributed by atoms with Gasteiger partial charge >= 0.3 is 5.69 Å². The smallest absolute Gasteiger partial charge is 0.328 e. The molecule has 0 aliphatic heterocycles. The molecule has 6 heteroatoms.